The number of allylic oxidation sites excluding steroid dienone is 1. The molecule has 12 nitrogen and oxygen atoms in total. The average Bonchev–Trinajstić information content (AvgIpc) is 3.54. The molecule has 1 aliphatic heterocycles. The summed E-state index contributed by atoms with van der Waals surface area (Å²) in [5, 5.41) is 17.1. The summed E-state index contributed by atoms with van der Waals surface area (Å²) >= 11 is 0. The first-order chi connectivity index (χ1) is 21.0. The molecule has 0 amide bonds. The van der Waals surface area contributed by atoms with Crippen LogP contribution in [0.5, 0.6) is 0 Å². The largest absolute Gasteiger partial charge is 0.382 e. The number of alkyl halides is 4. The summed E-state index contributed by atoms with van der Waals surface area (Å²) in [7, 11) is -3.57. The third-order valence-corrected chi connectivity index (χ3v) is 9.99. The number of aromatic nitrogens is 6. The molecule has 2 fully saturated rings. The van der Waals surface area contributed by atoms with E-state index in [1.807, 2.05) is 0 Å². The lowest BCUT2D eigenvalue weighted by atomic mass is 9.89. The molecule has 1 atom stereocenters. The molecule has 2 aliphatic carbocycles. The molecule has 236 valence electrons. The van der Waals surface area contributed by atoms with E-state index in [1.165, 1.54) is 30.9 Å². The van der Waals surface area contributed by atoms with Crippen LogP contribution in [0.4, 0.5) is 17.6 Å². The standard InChI is InChI=1S/C27H32F4N10O2S/c28-24(29)14-34-17-1-3-18(4-2-17)37-22-11-27(32,35-13-20(22)21-8-10-40(39-21)26(30)31)23-7-9-33-25(38-23)16-12-36-41(15-16)44(42,43)19-5-6-19/h7-13,15,17-19,24,26,34-35,37H,1-6,14,32H2. The highest BCUT2D eigenvalue weighted by Crippen LogP contribution is 2.33. The Morgan fingerprint density at radius 3 is 2.52 bits per heavy atom. The van der Waals surface area contributed by atoms with Crippen LogP contribution < -0.4 is 21.7 Å². The Kier molecular flexibility index (Phi) is 8.19. The van der Waals surface area contributed by atoms with Gasteiger partial charge in [-0.05, 0) is 56.7 Å². The first-order valence-electron chi connectivity index (χ1n) is 14.3. The van der Waals surface area contributed by atoms with Crippen LogP contribution in [0, 0.1) is 0 Å². The maximum atomic E-state index is 13.3. The second-order valence-electron chi connectivity index (χ2n) is 11.2. The van der Waals surface area contributed by atoms with E-state index in [-0.39, 0.29) is 24.5 Å². The summed E-state index contributed by atoms with van der Waals surface area (Å²) in [6.07, 6.45) is 10.2. The van der Waals surface area contributed by atoms with Crippen LogP contribution in [0.2, 0.25) is 0 Å². The van der Waals surface area contributed by atoms with Gasteiger partial charge >= 0.3 is 6.55 Å². The van der Waals surface area contributed by atoms with Crippen molar-refractivity contribution in [2.24, 2.45) is 5.73 Å². The summed E-state index contributed by atoms with van der Waals surface area (Å²) in [6, 6.07) is 3.03. The Labute approximate surface area is 250 Å². The molecular formula is C27H32F4N10O2S. The second-order valence-corrected chi connectivity index (χ2v) is 13.3. The van der Waals surface area contributed by atoms with Gasteiger partial charge in [-0.25, -0.2) is 31.8 Å². The fourth-order valence-electron chi connectivity index (χ4n) is 5.41. The number of hydrogen-bond acceptors (Lipinski definition) is 10. The fraction of sp³-hybridized carbons (Fsp3) is 0.481. The summed E-state index contributed by atoms with van der Waals surface area (Å²) in [6.45, 7) is -3.17. The lowest BCUT2D eigenvalue weighted by Gasteiger charge is -2.35. The van der Waals surface area contributed by atoms with Crippen molar-refractivity contribution >= 4 is 15.6 Å². The van der Waals surface area contributed by atoms with Crippen molar-refractivity contribution in [3.63, 3.8) is 0 Å². The van der Waals surface area contributed by atoms with Crippen LogP contribution in [0.3, 0.4) is 0 Å². The zero-order valence-electron chi connectivity index (χ0n) is 23.5. The molecule has 3 aromatic heterocycles. The Balaban J connectivity index is 1.26. The highest BCUT2D eigenvalue weighted by molar-refractivity contribution is 7.90. The molecule has 0 saturated heterocycles. The SMILES string of the molecule is NC1(c2ccnc(-c3cnn(S(=O)(=O)C4CC4)c3)n2)C=C(NC2CCC(NCC(F)F)CC2)C(c2ccn(C(F)F)n2)=CN1. The molecule has 2 saturated carbocycles. The van der Waals surface area contributed by atoms with E-state index >= 15 is 0 Å². The van der Waals surface area contributed by atoms with Gasteiger partial charge in [0.2, 0.25) is 0 Å². The van der Waals surface area contributed by atoms with Crippen molar-refractivity contribution in [3.8, 4) is 11.4 Å². The molecule has 3 aromatic rings. The van der Waals surface area contributed by atoms with Gasteiger partial charge in [0.05, 0.1) is 41.1 Å². The molecule has 17 heteroatoms. The highest BCUT2D eigenvalue weighted by Gasteiger charge is 2.38. The molecule has 0 spiro atoms. The molecule has 44 heavy (non-hydrogen) atoms. The Hall–Kier alpha value is -3.83. The molecule has 4 heterocycles. The third kappa shape index (κ3) is 6.34. The van der Waals surface area contributed by atoms with E-state index in [2.05, 4.69) is 36.1 Å². The van der Waals surface area contributed by atoms with E-state index in [0.717, 1.165) is 4.09 Å². The van der Waals surface area contributed by atoms with Gasteiger partial charge in [0, 0.05) is 41.9 Å². The van der Waals surface area contributed by atoms with Crippen LogP contribution in [0.15, 0.2) is 54.9 Å². The predicted octanol–water partition coefficient (Wildman–Crippen LogP) is 2.67. The summed E-state index contributed by atoms with van der Waals surface area (Å²) < 4.78 is 78.6. The number of hydrogen-bond donors (Lipinski definition) is 4. The first-order valence-corrected chi connectivity index (χ1v) is 15.8. The molecule has 5 N–H and O–H groups in total. The minimum absolute atomic E-state index is 0.0162. The van der Waals surface area contributed by atoms with Gasteiger partial charge in [-0.1, -0.05) is 0 Å². The third-order valence-electron chi connectivity index (χ3n) is 7.95. The Morgan fingerprint density at radius 1 is 1.09 bits per heavy atom. The van der Waals surface area contributed by atoms with Crippen molar-refractivity contribution in [3.05, 3.63) is 66.3 Å². The zero-order valence-corrected chi connectivity index (χ0v) is 24.3. The first kappa shape index (κ1) is 30.2. The number of nitrogens with two attached hydrogens (primary N) is 1. The van der Waals surface area contributed by atoms with E-state index in [4.69, 9.17) is 5.73 Å². The topological polar surface area (TPSA) is 158 Å². The number of dihydropyridines is 1. The maximum absolute atomic E-state index is 13.3. The summed E-state index contributed by atoms with van der Waals surface area (Å²) in [4.78, 5) is 8.90. The smallest absolute Gasteiger partial charge is 0.333 e. The molecule has 0 radical (unpaired) electrons. The van der Waals surface area contributed by atoms with Crippen molar-refractivity contribution in [2.75, 3.05) is 6.54 Å². The zero-order chi connectivity index (χ0) is 31.1. The number of nitrogens with zero attached hydrogens (tertiary/aromatic N) is 6. The van der Waals surface area contributed by atoms with Gasteiger partial charge in [-0.2, -0.15) is 23.1 Å². The lowest BCUT2D eigenvalue weighted by molar-refractivity contribution is 0.0565. The normalized spacial score (nSPS) is 24.2. The van der Waals surface area contributed by atoms with Gasteiger partial charge in [0.1, 0.15) is 0 Å². The van der Waals surface area contributed by atoms with Crippen LogP contribution in [-0.4, -0.2) is 67.7 Å². The van der Waals surface area contributed by atoms with Crippen molar-refractivity contribution < 1.29 is 26.0 Å². The molecule has 0 aromatic carbocycles. The monoisotopic (exact) mass is 636 g/mol. The number of nitrogens with one attached hydrogen (secondary N) is 3. The van der Waals surface area contributed by atoms with Gasteiger partial charge in [-0.3, -0.25) is 0 Å². The Bertz CT molecular complexity index is 1660. The van der Waals surface area contributed by atoms with Gasteiger partial charge in [0.25, 0.3) is 16.4 Å². The van der Waals surface area contributed by atoms with Gasteiger partial charge < -0.3 is 21.7 Å². The van der Waals surface area contributed by atoms with Crippen molar-refractivity contribution in [2.45, 2.75) is 74.5 Å². The molecule has 6 rings (SSSR count). The summed E-state index contributed by atoms with van der Waals surface area (Å²) in [5.74, 6) is 0.217. The quantitative estimate of drug-likeness (QED) is 0.231. The molecule has 1 unspecified atom stereocenters. The minimum Gasteiger partial charge on any atom is -0.382 e. The minimum atomic E-state index is -3.57. The van der Waals surface area contributed by atoms with Crippen LogP contribution in [0.25, 0.3) is 17.0 Å². The van der Waals surface area contributed by atoms with Crippen LogP contribution in [0.1, 0.15) is 56.5 Å². The summed E-state index contributed by atoms with van der Waals surface area (Å²) in [5.41, 5.74) is 7.53. The van der Waals surface area contributed by atoms with E-state index < -0.39 is 33.9 Å². The maximum Gasteiger partial charge on any atom is 0.333 e. The average molecular weight is 637 g/mol. The number of rotatable bonds is 11. The van der Waals surface area contributed by atoms with E-state index in [1.54, 1.807) is 18.3 Å². The van der Waals surface area contributed by atoms with Crippen molar-refractivity contribution in [1.29, 1.82) is 0 Å². The Morgan fingerprint density at radius 2 is 1.84 bits per heavy atom. The molecule has 0 bridgehead atoms. The van der Waals surface area contributed by atoms with E-state index in [9.17, 15) is 26.0 Å². The van der Waals surface area contributed by atoms with E-state index in [0.29, 0.717) is 71.4 Å². The van der Waals surface area contributed by atoms with Gasteiger partial charge in [0.15, 0.2) is 11.5 Å². The second kappa shape index (κ2) is 11.9. The molecule has 3 aliphatic rings. The highest BCUT2D eigenvalue weighted by atomic mass is 32.2. The van der Waals surface area contributed by atoms with Gasteiger partial charge in [-0.15, -0.1) is 0 Å². The predicted molar refractivity (Wildman–Crippen MR) is 152 cm³/mol. The van der Waals surface area contributed by atoms with Crippen LogP contribution >= 0.6 is 0 Å². The van der Waals surface area contributed by atoms with Crippen molar-refractivity contribution in [1.82, 2.24) is 44.9 Å². The number of halogens is 4. The fourth-order valence-corrected chi connectivity index (χ4v) is 6.89. The lowest BCUT2D eigenvalue weighted by Crippen LogP contribution is -2.50. The van der Waals surface area contributed by atoms with Crippen LogP contribution in [-0.2, 0) is 15.7 Å². The molecular weight excluding hydrogens is 604 g/mol.